The van der Waals surface area contributed by atoms with Gasteiger partial charge in [-0.15, -0.1) is 10.2 Å². The molecule has 0 fully saturated rings. The maximum Gasteiger partial charge on any atom is 0.259 e. The Morgan fingerprint density at radius 3 is 2.38 bits per heavy atom. The molecule has 0 saturated carbocycles. The fourth-order valence-corrected chi connectivity index (χ4v) is 3.81. The standard InChI is InChI=1S/C22H19BrN4O2/c1-13-10-19-20(26-27(25-19)16-7-5-4-6-8-16)12-18(13)24-22(28)17-11-15(23)9-14(2)21(17)29-3/h4-12H,1-3H3,(H,24,28). The highest BCUT2D eigenvalue weighted by Gasteiger charge is 2.17. The van der Waals surface area contributed by atoms with Gasteiger partial charge in [0.05, 0.1) is 18.4 Å². The zero-order valence-electron chi connectivity index (χ0n) is 16.2. The summed E-state index contributed by atoms with van der Waals surface area (Å²) in [7, 11) is 1.56. The lowest BCUT2D eigenvalue weighted by Gasteiger charge is -2.13. The third-order valence-corrected chi connectivity index (χ3v) is 5.11. The average Bonchev–Trinajstić information content (AvgIpc) is 3.11. The third-order valence-electron chi connectivity index (χ3n) is 4.65. The Bertz CT molecular complexity index is 1220. The molecule has 4 rings (SSSR count). The van der Waals surface area contributed by atoms with Gasteiger partial charge in [0.2, 0.25) is 0 Å². The molecule has 1 heterocycles. The first-order valence-electron chi connectivity index (χ1n) is 9.05. The van der Waals surface area contributed by atoms with Crippen molar-refractivity contribution >= 4 is 38.6 Å². The number of hydrogen-bond donors (Lipinski definition) is 1. The summed E-state index contributed by atoms with van der Waals surface area (Å²) >= 11 is 3.45. The summed E-state index contributed by atoms with van der Waals surface area (Å²) in [4.78, 5) is 14.6. The van der Waals surface area contributed by atoms with Gasteiger partial charge < -0.3 is 10.1 Å². The third kappa shape index (κ3) is 3.73. The Labute approximate surface area is 176 Å². The molecule has 0 radical (unpaired) electrons. The van der Waals surface area contributed by atoms with E-state index in [1.165, 1.54) is 0 Å². The molecule has 0 bridgehead atoms. The van der Waals surface area contributed by atoms with Gasteiger partial charge in [-0.25, -0.2) is 0 Å². The van der Waals surface area contributed by atoms with Gasteiger partial charge in [0.1, 0.15) is 16.8 Å². The minimum Gasteiger partial charge on any atom is -0.496 e. The zero-order chi connectivity index (χ0) is 20.5. The molecule has 0 aliphatic rings. The highest BCUT2D eigenvalue weighted by atomic mass is 79.9. The second-order valence-corrected chi connectivity index (χ2v) is 7.65. The Kier molecular flexibility index (Phi) is 5.07. The van der Waals surface area contributed by atoms with Crippen molar-refractivity contribution in [2.24, 2.45) is 0 Å². The lowest BCUT2D eigenvalue weighted by Crippen LogP contribution is -2.14. The molecule has 146 valence electrons. The number of para-hydroxylation sites is 1. The first-order valence-corrected chi connectivity index (χ1v) is 9.84. The normalized spacial score (nSPS) is 10.9. The van der Waals surface area contributed by atoms with Crippen molar-refractivity contribution in [3.63, 3.8) is 0 Å². The number of ether oxygens (including phenoxy) is 1. The Hall–Kier alpha value is -3.19. The lowest BCUT2D eigenvalue weighted by atomic mass is 10.1. The largest absolute Gasteiger partial charge is 0.496 e. The van der Waals surface area contributed by atoms with E-state index >= 15 is 0 Å². The van der Waals surface area contributed by atoms with Crippen LogP contribution >= 0.6 is 15.9 Å². The number of nitrogens with zero attached hydrogens (tertiary/aromatic N) is 3. The molecule has 0 aliphatic heterocycles. The number of methoxy groups -OCH3 is 1. The molecule has 0 atom stereocenters. The molecule has 7 heteroatoms. The number of fused-ring (bicyclic) bond motifs is 1. The van der Waals surface area contributed by atoms with Gasteiger partial charge in [-0.3, -0.25) is 4.79 Å². The van der Waals surface area contributed by atoms with Crippen molar-refractivity contribution < 1.29 is 9.53 Å². The highest BCUT2D eigenvalue weighted by molar-refractivity contribution is 9.10. The molecule has 0 unspecified atom stereocenters. The molecule has 3 aromatic carbocycles. The number of rotatable bonds is 4. The monoisotopic (exact) mass is 450 g/mol. The van der Waals surface area contributed by atoms with Crippen molar-refractivity contribution in [1.82, 2.24) is 15.0 Å². The topological polar surface area (TPSA) is 69.0 Å². The van der Waals surface area contributed by atoms with Gasteiger partial charge >= 0.3 is 0 Å². The number of anilines is 1. The number of carbonyl (C=O) groups excluding carboxylic acids is 1. The smallest absolute Gasteiger partial charge is 0.259 e. The summed E-state index contributed by atoms with van der Waals surface area (Å²) in [5.41, 5.74) is 5.27. The van der Waals surface area contributed by atoms with Crippen molar-refractivity contribution in [2.75, 3.05) is 12.4 Å². The van der Waals surface area contributed by atoms with Crippen molar-refractivity contribution in [3.05, 3.63) is 75.8 Å². The van der Waals surface area contributed by atoms with Crippen LogP contribution in [-0.4, -0.2) is 28.0 Å². The van der Waals surface area contributed by atoms with Crippen LogP contribution in [0.3, 0.4) is 0 Å². The predicted molar refractivity (Wildman–Crippen MR) is 117 cm³/mol. The van der Waals surface area contributed by atoms with E-state index in [4.69, 9.17) is 4.74 Å². The van der Waals surface area contributed by atoms with E-state index in [0.29, 0.717) is 22.5 Å². The first kappa shape index (κ1) is 19.1. The van der Waals surface area contributed by atoms with E-state index in [9.17, 15) is 4.79 Å². The average molecular weight is 451 g/mol. The minimum absolute atomic E-state index is 0.246. The van der Waals surface area contributed by atoms with E-state index in [1.54, 1.807) is 18.0 Å². The van der Waals surface area contributed by atoms with Crippen LogP contribution < -0.4 is 10.1 Å². The molecule has 1 N–H and O–H groups in total. The number of aryl methyl sites for hydroxylation is 2. The van der Waals surface area contributed by atoms with Crippen LogP contribution in [0.1, 0.15) is 21.5 Å². The number of carbonyl (C=O) groups is 1. The van der Waals surface area contributed by atoms with Crippen LogP contribution in [-0.2, 0) is 0 Å². The molecular weight excluding hydrogens is 432 g/mol. The molecular formula is C22H19BrN4O2. The van der Waals surface area contributed by atoms with E-state index < -0.39 is 0 Å². The number of aromatic nitrogens is 3. The molecule has 1 amide bonds. The van der Waals surface area contributed by atoms with Crippen LogP contribution in [0.2, 0.25) is 0 Å². The molecule has 0 spiro atoms. The number of nitrogens with one attached hydrogen (secondary N) is 1. The quantitative estimate of drug-likeness (QED) is 0.471. The SMILES string of the molecule is COc1c(C)cc(Br)cc1C(=O)Nc1cc2nn(-c3ccccc3)nc2cc1C. The molecule has 1 aromatic heterocycles. The zero-order valence-corrected chi connectivity index (χ0v) is 17.8. The van der Waals surface area contributed by atoms with Crippen molar-refractivity contribution in [1.29, 1.82) is 0 Å². The summed E-state index contributed by atoms with van der Waals surface area (Å²) < 4.78 is 6.25. The van der Waals surface area contributed by atoms with Crippen molar-refractivity contribution in [2.45, 2.75) is 13.8 Å². The molecule has 0 saturated heterocycles. The van der Waals surface area contributed by atoms with Gasteiger partial charge in [-0.2, -0.15) is 4.80 Å². The molecule has 29 heavy (non-hydrogen) atoms. The second-order valence-electron chi connectivity index (χ2n) is 6.74. The predicted octanol–water partition coefficient (Wildman–Crippen LogP) is 5.06. The molecule has 6 nitrogen and oxygen atoms in total. The summed E-state index contributed by atoms with van der Waals surface area (Å²) in [5.74, 6) is 0.309. The van der Waals surface area contributed by atoms with E-state index in [1.807, 2.05) is 62.4 Å². The number of hydrogen-bond acceptors (Lipinski definition) is 4. The molecule has 0 aliphatic carbocycles. The van der Waals surface area contributed by atoms with Gasteiger partial charge in [0, 0.05) is 10.2 Å². The Balaban J connectivity index is 1.70. The van der Waals surface area contributed by atoms with Gasteiger partial charge in [0.15, 0.2) is 0 Å². The maximum atomic E-state index is 13.0. The fourth-order valence-electron chi connectivity index (χ4n) is 3.24. The van der Waals surface area contributed by atoms with Gasteiger partial charge in [-0.05, 0) is 61.4 Å². The Morgan fingerprint density at radius 2 is 1.69 bits per heavy atom. The van der Waals surface area contributed by atoms with Crippen LogP contribution in [0.5, 0.6) is 5.75 Å². The van der Waals surface area contributed by atoms with Crippen LogP contribution in [0.15, 0.2) is 59.1 Å². The highest BCUT2D eigenvalue weighted by Crippen LogP contribution is 2.29. The summed E-state index contributed by atoms with van der Waals surface area (Å²) in [6, 6.07) is 17.1. The number of benzene rings is 3. The first-order chi connectivity index (χ1) is 14.0. The maximum absolute atomic E-state index is 13.0. The second kappa shape index (κ2) is 7.67. The molecule has 4 aromatic rings. The van der Waals surface area contributed by atoms with E-state index in [2.05, 4.69) is 31.4 Å². The number of halogens is 1. The van der Waals surface area contributed by atoms with Crippen LogP contribution in [0.4, 0.5) is 5.69 Å². The Morgan fingerprint density at radius 1 is 1.00 bits per heavy atom. The van der Waals surface area contributed by atoms with Crippen LogP contribution in [0.25, 0.3) is 16.7 Å². The van der Waals surface area contributed by atoms with Gasteiger partial charge in [-0.1, -0.05) is 34.1 Å². The van der Waals surface area contributed by atoms with Gasteiger partial charge in [0.25, 0.3) is 5.91 Å². The van der Waals surface area contributed by atoms with Crippen molar-refractivity contribution in [3.8, 4) is 11.4 Å². The summed E-state index contributed by atoms with van der Waals surface area (Å²) in [5, 5.41) is 12.1. The summed E-state index contributed by atoms with van der Waals surface area (Å²) in [6.07, 6.45) is 0. The minimum atomic E-state index is -0.246. The number of amides is 1. The van der Waals surface area contributed by atoms with Crippen LogP contribution in [0, 0.1) is 13.8 Å². The lowest BCUT2D eigenvalue weighted by molar-refractivity contribution is 0.102. The summed E-state index contributed by atoms with van der Waals surface area (Å²) in [6.45, 7) is 3.83. The van der Waals surface area contributed by atoms with E-state index in [0.717, 1.165) is 26.8 Å². The van der Waals surface area contributed by atoms with E-state index in [-0.39, 0.29) is 5.91 Å². The fraction of sp³-hybridized carbons (Fsp3) is 0.136.